The average molecular weight is 604 g/mol. The molecule has 2 aliphatic heterocycles. The van der Waals surface area contributed by atoms with Crippen LogP contribution in [0.3, 0.4) is 0 Å². The average Bonchev–Trinajstić information content (AvgIpc) is 3.09. The van der Waals surface area contributed by atoms with Gasteiger partial charge in [0.1, 0.15) is 18.1 Å². The minimum Gasteiger partial charge on any atom is -0.477 e. The van der Waals surface area contributed by atoms with E-state index in [-0.39, 0.29) is 29.6 Å². The van der Waals surface area contributed by atoms with Gasteiger partial charge in [0.25, 0.3) is 11.8 Å². The first-order valence-corrected chi connectivity index (χ1v) is 13.0. The lowest BCUT2D eigenvalue weighted by Gasteiger charge is -2.40. The van der Waals surface area contributed by atoms with Crippen molar-refractivity contribution in [2.75, 3.05) is 11.4 Å². The lowest BCUT2D eigenvalue weighted by molar-refractivity contribution is -0.135. The highest BCUT2D eigenvalue weighted by molar-refractivity contribution is 9.10. The third-order valence-corrected chi connectivity index (χ3v) is 7.45. The Bertz CT molecular complexity index is 1150. The molecule has 4 rings (SSSR count). The Labute approximate surface area is 226 Å². The molecule has 3 atom stereocenters. The normalized spacial score (nSPS) is 21.5. The number of ether oxygens (including phenoxy) is 1. The van der Waals surface area contributed by atoms with Gasteiger partial charge in [-0.1, -0.05) is 11.6 Å². The van der Waals surface area contributed by atoms with E-state index >= 15 is 0 Å². The molecule has 2 aromatic rings. The van der Waals surface area contributed by atoms with Crippen LogP contribution in [0.2, 0.25) is 5.02 Å². The van der Waals surface area contributed by atoms with Gasteiger partial charge >= 0.3 is 6.18 Å². The van der Waals surface area contributed by atoms with Crippen molar-refractivity contribution in [2.45, 2.75) is 69.4 Å². The number of halogens is 5. The van der Waals surface area contributed by atoms with Crippen molar-refractivity contribution in [1.82, 2.24) is 15.6 Å². The van der Waals surface area contributed by atoms with Crippen LogP contribution in [0.5, 0.6) is 5.75 Å². The van der Waals surface area contributed by atoms with E-state index in [1.54, 1.807) is 38.1 Å². The number of hydrogen-bond acceptors (Lipinski definition) is 5. The number of alkyl halides is 3. The highest BCUT2D eigenvalue weighted by Gasteiger charge is 2.43. The van der Waals surface area contributed by atoms with E-state index < -0.39 is 24.2 Å². The molecule has 12 heteroatoms. The number of aromatic nitrogens is 1. The molecule has 0 aliphatic carbocycles. The number of hydrogen-bond donors (Lipinski definition) is 2. The van der Waals surface area contributed by atoms with Crippen LogP contribution in [0.1, 0.15) is 49.9 Å². The summed E-state index contributed by atoms with van der Waals surface area (Å²) in [5.74, 6) is 0.137. The summed E-state index contributed by atoms with van der Waals surface area (Å²) in [5.41, 5.74) is -1.05. The number of nitrogens with zero attached hydrogens (tertiary/aromatic N) is 2. The summed E-state index contributed by atoms with van der Waals surface area (Å²) in [5, 5.41) is 5.54. The topological polar surface area (TPSA) is 83.6 Å². The van der Waals surface area contributed by atoms with Gasteiger partial charge in [0, 0.05) is 29.3 Å². The van der Waals surface area contributed by atoms with Crippen molar-refractivity contribution >= 4 is 45.2 Å². The van der Waals surface area contributed by atoms with Crippen LogP contribution in [0.25, 0.3) is 0 Å². The molecule has 0 saturated carbocycles. The van der Waals surface area contributed by atoms with E-state index in [9.17, 15) is 22.8 Å². The molecule has 0 spiro atoms. The molecule has 2 fully saturated rings. The smallest absolute Gasteiger partial charge is 0.405 e. The number of benzene rings is 1. The molecule has 1 aromatic heterocycles. The Balaban J connectivity index is 1.35. The number of nitrogens with one attached hydrogen (secondary N) is 2. The lowest BCUT2D eigenvalue weighted by Crippen LogP contribution is -2.55. The van der Waals surface area contributed by atoms with Crippen LogP contribution in [0.15, 0.2) is 41.0 Å². The van der Waals surface area contributed by atoms with Crippen LogP contribution in [0.4, 0.5) is 19.0 Å². The van der Waals surface area contributed by atoms with E-state index in [0.29, 0.717) is 21.1 Å². The maximum atomic E-state index is 13.1. The number of piperidine rings is 1. The molecule has 2 bridgehead atoms. The zero-order valence-electron chi connectivity index (χ0n) is 20.2. The van der Waals surface area contributed by atoms with Crippen molar-refractivity contribution in [2.24, 2.45) is 0 Å². The van der Waals surface area contributed by atoms with Crippen LogP contribution < -0.4 is 20.3 Å². The van der Waals surface area contributed by atoms with E-state index in [2.05, 4.69) is 31.1 Å². The number of carbonyl (C=O) groups excluding carboxylic acids is 2. The predicted octanol–water partition coefficient (Wildman–Crippen LogP) is 5.26. The van der Waals surface area contributed by atoms with Crippen molar-refractivity contribution in [1.29, 1.82) is 0 Å². The highest BCUT2D eigenvalue weighted by atomic mass is 79.9. The summed E-state index contributed by atoms with van der Waals surface area (Å²) in [6, 6.07) is 8.51. The van der Waals surface area contributed by atoms with E-state index in [0.717, 1.165) is 25.7 Å². The summed E-state index contributed by atoms with van der Waals surface area (Å²) in [6.07, 6.45) is 0.129. The quantitative estimate of drug-likeness (QED) is 0.451. The molecule has 1 aromatic carbocycles. The second kappa shape index (κ2) is 10.7. The SMILES string of the molecule is CC(C)(Oc1ccc(Cl)cc1Br)C(=O)N[C@H]1C[C@H]2CC[C@@H](C1)N2c1ccc(C(=O)NCC(F)(F)F)cn1. The van der Waals surface area contributed by atoms with E-state index in [1.165, 1.54) is 12.3 Å². The molecule has 2 aliphatic rings. The third kappa shape index (κ3) is 6.67. The fraction of sp³-hybridized carbons (Fsp3) is 0.480. The monoisotopic (exact) mass is 602 g/mol. The summed E-state index contributed by atoms with van der Waals surface area (Å²) in [6.45, 7) is 2.03. The second-order valence-corrected chi connectivity index (χ2v) is 11.1. The Morgan fingerprint density at radius 1 is 1.16 bits per heavy atom. The van der Waals surface area contributed by atoms with Gasteiger partial charge in [-0.2, -0.15) is 13.2 Å². The zero-order valence-corrected chi connectivity index (χ0v) is 22.6. The number of carbonyl (C=O) groups is 2. The third-order valence-electron chi connectivity index (χ3n) is 6.60. The van der Waals surface area contributed by atoms with Crippen molar-refractivity contribution in [3.63, 3.8) is 0 Å². The van der Waals surface area contributed by atoms with E-state index in [1.807, 2.05) is 5.32 Å². The van der Waals surface area contributed by atoms with Gasteiger partial charge in [0.2, 0.25) is 0 Å². The van der Waals surface area contributed by atoms with Crippen molar-refractivity contribution in [3.8, 4) is 5.75 Å². The minimum atomic E-state index is -4.48. The Hall–Kier alpha value is -2.53. The fourth-order valence-corrected chi connectivity index (χ4v) is 5.63. The Morgan fingerprint density at radius 3 is 2.41 bits per heavy atom. The molecular formula is C25H27BrClF3N4O3. The Morgan fingerprint density at radius 2 is 1.84 bits per heavy atom. The molecule has 0 radical (unpaired) electrons. The number of rotatable bonds is 7. The molecule has 0 unspecified atom stereocenters. The van der Waals surface area contributed by atoms with Crippen LogP contribution in [-0.4, -0.2) is 53.2 Å². The number of amides is 2. The van der Waals surface area contributed by atoms with Gasteiger partial charge in [-0.15, -0.1) is 0 Å². The number of pyridine rings is 1. The zero-order chi connectivity index (χ0) is 27.0. The van der Waals surface area contributed by atoms with Crippen molar-refractivity contribution < 1.29 is 27.5 Å². The van der Waals surface area contributed by atoms with Gasteiger partial charge in [0.05, 0.1) is 10.0 Å². The van der Waals surface area contributed by atoms with E-state index in [4.69, 9.17) is 16.3 Å². The van der Waals surface area contributed by atoms with Crippen LogP contribution in [-0.2, 0) is 4.79 Å². The predicted molar refractivity (Wildman–Crippen MR) is 137 cm³/mol. The maximum Gasteiger partial charge on any atom is 0.405 e. The largest absolute Gasteiger partial charge is 0.477 e. The molecular weight excluding hydrogens is 577 g/mol. The fourth-order valence-electron chi connectivity index (χ4n) is 4.86. The standard InChI is InChI=1S/C25H27BrClF3N4O3/c1-24(2,37-20-7-4-15(27)9-19(20)26)23(36)33-16-10-17-5-6-18(11-16)34(17)21-8-3-14(12-31-21)22(35)32-13-25(28,29)30/h3-4,7-9,12,16-18H,5-6,10-11,13H2,1-2H3,(H,32,35)(H,33,36)/t16-,17+,18-. The molecule has 2 saturated heterocycles. The molecule has 3 heterocycles. The van der Waals surface area contributed by atoms with Gasteiger partial charge in [-0.3, -0.25) is 9.59 Å². The summed E-state index contributed by atoms with van der Waals surface area (Å²) in [7, 11) is 0. The van der Waals surface area contributed by atoms with Gasteiger partial charge < -0.3 is 20.3 Å². The highest BCUT2D eigenvalue weighted by Crippen LogP contribution is 2.39. The summed E-state index contributed by atoms with van der Waals surface area (Å²) < 4.78 is 43.7. The molecule has 37 heavy (non-hydrogen) atoms. The summed E-state index contributed by atoms with van der Waals surface area (Å²) in [4.78, 5) is 31.6. The lowest BCUT2D eigenvalue weighted by atomic mass is 9.96. The van der Waals surface area contributed by atoms with Gasteiger partial charge in [0.15, 0.2) is 5.60 Å². The minimum absolute atomic E-state index is 0.0368. The number of anilines is 1. The Kier molecular flexibility index (Phi) is 7.94. The molecule has 2 N–H and O–H groups in total. The van der Waals surface area contributed by atoms with Crippen molar-refractivity contribution in [3.05, 3.63) is 51.6 Å². The van der Waals surface area contributed by atoms with Gasteiger partial charge in [-0.05, 0) is 85.8 Å². The van der Waals surface area contributed by atoms with Crippen LogP contribution in [0, 0.1) is 0 Å². The first kappa shape index (κ1) is 27.5. The molecule has 200 valence electrons. The first-order chi connectivity index (χ1) is 17.3. The van der Waals surface area contributed by atoms with Crippen LogP contribution >= 0.6 is 27.5 Å². The first-order valence-electron chi connectivity index (χ1n) is 11.9. The summed E-state index contributed by atoms with van der Waals surface area (Å²) >= 11 is 9.40. The maximum absolute atomic E-state index is 13.1. The van der Waals surface area contributed by atoms with Gasteiger partial charge in [-0.25, -0.2) is 4.98 Å². The molecule has 2 amide bonds. The second-order valence-electron chi connectivity index (χ2n) is 9.82. The molecule has 7 nitrogen and oxygen atoms in total. The number of fused-ring (bicyclic) bond motifs is 2.